The molecule has 0 aliphatic carbocycles. The third-order valence-corrected chi connectivity index (χ3v) is 1.41. The van der Waals surface area contributed by atoms with Crippen molar-refractivity contribution in [3.8, 4) is 5.75 Å². The molecule has 0 saturated heterocycles. The van der Waals surface area contributed by atoms with Crippen molar-refractivity contribution in [3.05, 3.63) is 34.4 Å². The van der Waals surface area contributed by atoms with Crippen LogP contribution in [0.2, 0.25) is 0 Å². The van der Waals surface area contributed by atoms with Crippen molar-refractivity contribution in [2.45, 2.75) is 0 Å². The number of hydrogen-bond donors (Lipinski definition) is 0. The molecule has 0 amide bonds. The number of non-ortho nitro benzene ring substituents is 1. The van der Waals surface area contributed by atoms with Crippen LogP contribution >= 0.6 is 0 Å². The maximum atomic E-state index is 10.7. The molecule has 0 unspecified atom stereocenters. The predicted molar refractivity (Wildman–Crippen MR) is 52.0 cm³/mol. The summed E-state index contributed by atoms with van der Waals surface area (Å²) in [6.45, 7) is 0. The molecule has 15 heavy (non-hydrogen) atoms. The van der Waals surface area contributed by atoms with Crippen molar-refractivity contribution in [1.82, 2.24) is 0 Å². The van der Waals surface area contributed by atoms with E-state index in [1.54, 1.807) is 0 Å². The topological polar surface area (TPSA) is 78.7 Å². The molecule has 6 nitrogen and oxygen atoms in total. The van der Waals surface area contributed by atoms with Crippen molar-refractivity contribution in [2.24, 2.45) is 0 Å². The van der Waals surface area contributed by atoms with Crippen LogP contribution in [0.1, 0.15) is 0 Å². The average Bonchev–Trinajstić information content (AvgIpc) is 2.18. The van der Waals surface area contributed by atoms with E-state index >= 15 is 0 Å². The monoisotopic (exact) mass is 206 g/mol. The van der Waals surface area contributed by atoms with Crippen LogP contribution in [-0.2, 0) is 4.74 Å². The van der Waals surface area contributed by atoms with Gasteiger partial charge in [-0.2, -0.15) is 0 Å². The van der Waals surface area contributed by atoms with Crippen molar-refractivity contribution >= 4 is 25.5 Å². The maximum absolute atomic E-state index is 10.7. The average molecular weight is 206 g/mol. The second-order valence-electron chi connectivity index (χ2n) is 2.36. The van der Waals surface area contributed by atoms with Gasteiger partial charge in [-0.15, -0.1) is 0 Å². The van der Waals surface area contributed by atoms with Crippen LogP contribution in [0.4, 0.5) is 10.5 Å². The van der Waals surface area contributed by atoms with Gasteiger partial charge in [-0.25, -0.2) is 0 Å². The molecule has 0 aromatic heterocycles. The van der Waals surface area contributed by atoms with Gasteiger partial charge in [-0.1, -0.05) is 0 Å². The van der Waals surface area contributed by atoms with Crippen LogP contribution in [0.5, 0.6) is 5.75 Å². The third kappa shape index (κ3) is 3.22. The Morgan fingerprint density at radius 2 is 2.00 bits per heavy atom. The Bertz CT molecular complexity index is 389. The Balaban J connectivity index is 2.68. The standard InChI is InChI=1S/C8H5BNO5/c9-5-14-8(11)15-7-3-1-6(2-4-7)10(12)13/h1-5H. The van der Waals surface area contributed by atoms with Gasteiger partial charge < -0.3 is 0 Å². The zero-order chi connectivity index (χ0) is 11.3. The zero-order valence-corrected chi connectivity index (χ0v) is 7.45. The number of nitrogens with zero attached hydrogens (tertiary/aromatic N) is 1. The number of rotatable bonds is 3. The number of benzene rings is 1. The summed E-state index contributed by atoms with van der Waals surface area (Å²) >= 11 is 0. The van der Waals surface area contributed by atoms with Crippen molar-refractivity contribution in [3.63, 3.8) is 0 Å². The Labute approximate surface area is 85.6 Å². The van der Waals surface area contributed by atoms with Crippen LogP contribution in [0.15, 0.2) is 24.3 Å². The Morgan fingerprint density at radius 1 is 1.40 bits per heavy atom. The summed E-state index contributed by atoms with van der Waals surface area (Å²) in [7, 11) is 4.81. The fourth-order valence-electron chi connectivity index (χ4n) is 0.812. The SMILES string of the molecule is [B]=COC(=O)Oc1ccc([N+](=O)[O-])cc1. The molecule has 7 heteroatoms. The molecule has 0 fully saturated rings. The molecular weight excluding hydrogens is 201 g/mol. The van der Waals surface area contributed by atoms with Gasteiger partial charge in [0.1, 0.15) is 0 Å². The Kier molecular flexibility index (Phi) is 3.56. The van der Waals surface area contributed by atoms with E-state index in [0.717, 1.165) is 0 Å². The number of carbonyl (C=O) groups is 1. The van der Waals surface area contributed by atoms with Gasteiger partial charge in [0.05, 0.1) is 0 Å². The molecule has 0 spiro atoms. The Morgan fingerprint density at radius 3 is 2.47 bits per heavy atom. The van der Waals surface area contributed by atoms with E-state index in [1.807, 2.05) is 0 Å². The van der Waals surface area contributed by atoms with Crippen molar-refractivity contribution in [1.29, 1.82) is 0 Å². The molecule has 1 radical (unpaired) electrons. The summed E-state index contributed by atoms with van der Waals surface area (Å²) < 4.78 is 8.78. The molecule has 0 bridgehead atoms. The normalized spacial score (nSPS) is 9.00. The predicted octanol–water partition coefficient (Wildman–Crippen LogP) is 1.04. The summed E-state index contributed by atoms with van der Waals surface area (Å²) in [5.74, 6) is 0.132. The van der Waals surface area contributed by atoms with Gasteiger partial charge >= 0.3 is 84.8 Å². The van der Waals surface area contributed by atoms with E-state index in [0.29, 0.717) is 6.15 Å². The van der Waals surface area contributed by atoms with Crippen LogP contribution in [0.25, 0.3) is 0 Å². The van der Waals surface area contributed by atoms with Gasteiger partial charge in [0.25, 0.3) is 0 Å². The molecule has 0 saturated carbocycles. The van der Waals surface area contributed by atoms with Gasteiger partial charge in [-0.05, 0) is 0 Å². The second-order valence-corrected chi connectivity index (χ2v) is 2.36. The number of nitro groups is 1. The molecule has 1 aromatic rings. The minimum atomic E-state index is -1.01. The molecule has 1 rings (SSSR count). The zero-order valence-electron chi connectivity index (χ0n) is 7.45. The first-order valence-corrected chi connectivity index (χ1v) is 3.80. The fraction of sp³-hybridized carbons (Fsp3) is 0. The van der Waals surface area contributed by atoms with Crippen molar-refractivity contribution < 1.29 is 19.2 Å². The van der Waals surface area contributed by atoms with Gasteiger partial charge in [0, 0.05) is 0 Å². The first kappa shape index (κ1) is 10.9. The van der Waals surface area contributed by atoms with E-state index in [2.05, 4.69) is 9.47 Å². The molecule has 0 aliphatic rings. The van der Waals surface area contributed by atoms with E-state index in [9.17, 15) is 14.9 Å². The van der Waals surface area contributed by atoms with E-state index in [1.165, 1.54) is 24.3 Å². The molecular formula is C8H5BNO5. The molecule has 0 aliphatic heterocycles. The molecule has 0 atom stereocenters. The summed E-state index contributed by atoms with van der Waals surface area (Å²) in [5, 5.41) is 10.3. The first-order chi connectivity index (χ1) is 7.13. The fourth-order valence-corrected chi connectivity index (χ4v) is 0.812. The van der Waals surface area contributed by atoms with E-state index in [-0.39, 0.29) is 11.4 Å². The minimum absolute atomic E-state index is 0.0962. The van der Waals surface area contributed by atoms with Gasteiger partial charge in [0.2, 0.25) is 0 Å². The van der Waals surface area contributed by atoms with Crippen LogP contribution < -0.4 is 4.74 Å². The van der Waals surface area contributed by atoms with Crippen LogP contribution in [0, 0.1) is 10.1 Å². The summed E-state index contributed by atoms with van der Waals surface area (Å²) in [6.07, 6.45) is -0.334. The molecule has 0 N–H and O–H groups in total. The first-order valence-electron chi connectivity index (χ1n) is 3.80. The molecule has 0 heterocycles. The quantitative estimate of drug-likeness (QED) is 0.242. The number of carbonyl (C=O) groups excluding carboxylic acids is 1. The van der Waals surface area contributed by atoms with E-state index in [4.69, 9.17) is 7.49 Å². The van der Waals surface area contributed by atoms with Crippen molar-refractivity contribution in [2.75, 3.05) is 0 Å². The summed E-state index contributed by atoms with van der Waals surface area (Å²) in [5.41, 5.74) is -0.0962. The van der Waals surface area contributed by atoms with Crippen LogP contribution in [0.3, 0.4) is 0 Å². The molecule has 1 aromatic carbocycles. The number of ether oxygens (including phenoxy) is 2. The van der Waals surface area contributed by atoms with Gasteiger partial charge in [0.15, 0.2) is 0 Å². The number of nitro benzene ring substituents is 1. The second kappa shape index (κ2) is 4.89. The third-order valence-electron chi connectivity index (χ3n) is 1.41. The summed E-state index contributed by atoms with van der Waals surface area (Å²) in [4.78, 5) is 20.5. The van der Waals surface area contributed by atoms with Crippen LogP contribution in [-0.4, -0.2) is 24.7 Å². The van der Waals surface area contributed by atoms with Gasteiger partial charge in [-0.3, -0.25) is 0 Å². The Hall–Kier alpha value is -2.18. The summed E-state index contributed by atoms with van der Waals surface area (Å²) in [6, 6.07) is 4.95. The molecule has 75 valence electrons. The number of hydrogen-bond acceptors (Lipinski definition) is 5. The van der Waals surface area contributed by atoms with E-state index < -0.39 is 11.1 Å².